The Bertz CT molecular complexity index is 766. The zero-order chi connectivity index (χ0) is 16.1. The van der Waals surface area contributed by atoms with Crippen LogP contribution in [0.4, 0.5) is 5.69 Å². The lowest BCUT2D eigenvalue weighted by molar-refractivity contribution is -0.115. The Morgan fingerprint density at radius 3 is 2.35 bits per heavy atom. The normalized spacial score (nSPS) is 16.4. The highest BCUT2D eigenvalue weighted by atomic mass is 32.2. The first-order valence-corrected chi connectivity index (χ1v) is 8.22. The molecular formula is C19H15NO2S. The van der Waals surface area contributed by atoms with E-state index in [9.17, 15) is 9.59 Å². The molecule has 4 heteroatoms. The molecule has 0 atom stereocenters. The molecule has 114 valence electrons. The van der Waals surface area contributed by atoms with Crippen molar-refractivity contribution < 1.29 is 9.59 Å². The summed E-state index contributed by atoms with van der Waals surface area (Å²) in [7, 11) is 0. The van der Waals surface area contributed by atoms with Crippen LogP contribution in [0.15, 0.2) is 77.8 Å². The smallest absolute Gasteiger partial charge is 0.242 e. The molecule has 2 aromatic carbocycles. The molecule has 0 radical (unpaired) electrons. The fourth-order valence-corrected chi connectivity index (χ4v) is 3.19. The molecule has 2 aromatic rings. The number of allylic oxidation sites excluding steroid dienone is 2. The van der Waals surface area contributed by atoms with E-state index in [0.717, 1.165) is 11.3 Å². The number of hydrogen-bond acceptors (Lipinski definition) is 3. The number of anilines is 1. The Hall–Kier alpha value is -2.59. The van der Waals surface area contributed by atoms with Crippen LogP contribution in [0.25, 0.3) is 6.08 Å². The van der Waals surface area contributed by atoms with Gasteiger partial charge in [0.15, 0.2) is 5.78 Å². The van der Waals surface area contributed by atoms with Gasteiger partial charge in [-0.2, -0.15) is 0 Å². The van der Waals surface area contributed by atoms with Gasteiger partial charge in [0.25, 0.3) is 0 Å². The summed E-state index contributed by atoms with van der Waals surface area (Å²) in [6.07, 6.45) is 4.81. The van der Waals surface area contributed by atoms with Crippen molar-refractivity contribution in [2.45, 2.75) is 0 Å². The van der Waals surface area contributed by atoms with E-state index in [2.05, 4.69) is 0 Å². The van der Waals surface area contributed by atoms with Crippen molar-refractivity contribution in [3.05, 3.63) is 83.4 Å². The Morgan fingerprint density at radius 2 is 1.65 bits per heavy atom. The van der Waals surface area contributed by atoms with Crippen LogP contribution in [0.1, 0.15) is 5.56 Å². The second-order valence-corrected chi connectivity index (χ2v) is 5.98. The first-order valence-electron chi connectivity index (χ1n) is 7.23. The lowest BCUT2D eigenvalue weighted by Gasteiger charge is -2.16. The fourth-order valence-electron chi connectivity index (χ4n) is 2.25. The van der Waals surface area contributed by atoms with E-state index in [-0.39, 0.29) is 11.7 Å². The third-order valence-electron chi connectivity index (χ3n) is 3.33. The minimum Gasteiger partial charge on any atom is -0.290 e. The zero-order valence-corrected chi connectivity index (χ0v) is 13.2. The van der Waals surface area contributed by atoms with E-state index in [1.807, 2.05) is 60.7 Å². The summed E-state index contributed by atoms with van der Waals surface area (Å²) >= 11 is 1.39. The van der Waals surface area contributed by atoms with Crippen molar-refractivity contribution >= 4 is 35.2 Å². The highest BCUT2D eigenvalue weighted by molar-refractivity contribution is 8.04. The van der Waals surface area contributed by atoms with Gasteiger partial charge in [0.1, 0.15) is 0 Å². The lowest BCUT2D eigenvalue weighted by Crippen LogP contribution is -2.24. The van der Waals surface area contributed by atoms with Crippen molar-refractivity contribution in [1.82, 2.24) is 0 Å². The maximum atomic E-state index is 12.1. The van der Waals surface area contributed by atoms with E-state index < -0.39 is 0 Å². The van der Waals surface area contributed by atoms with Crippen LogP contribution in [0.2, 0.25) is 0 Å². The van der Waals surface area contributed by atoms with Gasteiger partial charge >= 0.3 is 0 Å². The molecule has 1 amide bonds. The lowest BCUT2D eigenvalue weighted by atomic mass is 10.2. The quantitative estimate of drug-likeness (QED) is 0.802. The average Bonchev–Trinajstić information content (AvgIpc) is 2.95. The van der Waals surface area contributed by atoms with Gasteiger partial charge in [-0.3, -0.25) is 14.5 Å². The monoisotopic (exact) mass is 321 g/mol. The molecule has 23 heavy (non-hydrogen) atoms. The summed E-state index contributed by atoms with van der Waals surface area (Å²) in [4.78, 5) is 25.8. The second kappa shape index (κ2) is 7.11. The Morgan fingerprint density at radius 1 is 1.00 bits per heavy atom. The molecule has 1 aliphatic heterocycles. The molecular weight excluding hydrogens is 306 g/mol. The second-order valence-electron chi connectivity index (χ2n) is 4.98. The molecule has 1 aliphatic rings. The topological polar surface area (TPSA) is 37.4 Å². The molecule has 0 saturated carbocycles. The average molecular weight is 321 g/mol. The van der Waals surface area contributed by atoms with Gasteiger partial charge in [-0.05, 0) is 23.8 Å². The molecule has 0 spiro atoms. The van der Waals surface area contributed by atoms with Crippen LogP contribution in [-0.2, 0) is 9.59 Å². The van der Waals surface area contributed by atoms with Gasteiger partial charge in [-0.15, -0.1) is 0 Å². The van der Waals surface area contributed by atoms with Gasteiger partial charge in [0.05, 0.1) is 10.8 Å². The highest BCUT2D eigenvalue weighted by Gasteiger charge is 2.28. The number of amides is 1. The number of para-hydroxylation sites is 1. The Balaban J connectivity index is 1.79. The predicted molar refractivity (Wildman–Crippen MR) is 95.0 cm³/mol. The number of benzene rings is 2. The Kier molecular flexibility index (Phi) is 4.74. The first kappa shape index (κ1) is 15.3. The molecule has 0 aromatic heterocycles. The maximum absolute atomic E-state index is 12.1. The van der Waals surface area contributed by atoms with E-state index in [0.29, 0.717) is 10.8 Å². The SMILES string of the molecule is O=C(/C=C1\SCC(=O)N1c1ccccc1)/C=C/c1ccccc1. The van der Waals surface area contributed by atoms with E-state index in [4.69, 9.17) is 0 Å². The summed E-state index contributed by atoms with van der Waals surface area (Å²) in [6, 6.07) is 19.0. The fraction of sp³-hybridized carbons (Fsp3) is 0.0526. The molecule has 1 heterocycles. The molecule has 3 rings (SSSR count). The van der Waals surface area contributed by atoms with Gasteiger partial charge < -0.3 is 0 Å². The summed E-state index contributed by atoms with van der Waals surface area (Å²) in [6.45, 7) is 0. The first-order chi connectivity index (χ1) is 11.2. The minimum absolute atomic E-state index is 0.00714. The molecule has 1 fully saturated rings. The number of nitrogens with zero attached hydrogens (tertiary/aromatic N) is 1. The van der Waals surface area contributed by atoms with Gasteiger partial charge in [0, 0.05) is 11.8 Å². The zero-order valence-electron chi connectivity index (χ0n) is 12.4. The standard InChI is InChI=1S/C19H15NO2S/c21-17(12-11-15-7-3-1-4-8-15)13-19-20(18(22)14-23-19)16-9-5-2-6-10-16/h1-13H,14H2/b12-11+,19-13-. The van der Waals surface area contributed by atoms with Crippen molar-refractivity contribution in [3.8, 4) is 0 Å². The largest absolute Gasteiger partial charge is 0.290 e. The summed E-state index contributed by atoms with van der Waals surface area (Å²) in [5, 5.41) is 0.670. The third-order valence-corrected chi connectivity index (χ3v) is 4.32. The van der Waals surface area contributed by atoms with Crippen LogP contribution in [0.3, 0.4) is 0 Å². The Labute approximate surface area is 139 Å². The predicted octanol–water partition coefficient (Wildman–Crippen LogP) is 3.89. The third kappa shape index (κ3) is 3.79. The molecule has 0 unspecified atom stereocenters. The molecule has 0 aliphatic carbocycles. The van der Waals surface area contributed by atoms with Crippen molar-refractivity contribution in [2.75, 3.05) is 10.7 Å². The number of ketones is 1. The van der Waals surface area contributed by atoms with Crippen LogP contribution in [0.5, 0.6) is 0 Å². The van der Waals surface area contributed by atoms with E-state index >= 15 is 0 Å². The van der Waals surface area contributed by atoms with Crippen LogP contribution in [-0.4, -0.2) is 17.4 Å². The minimum atomic E-state index is -0.132. The van der Waals surface area contributed by atoms with E-state index in [1.54, 1.807) is 11.0 Å². The maximum Gasteiger partial charge on any atom is 0.242 e. The van der Waals surface area contributed by atoms with Crippen molar-refractivity contribution in [1.29, 1.82) is 0 Å². The number of carbonyl (C=O) groups is 2. The van der Waals surface area contributed by atoms with Crippen molar-refractivity contribution in [2.24, 2.45) is 0 Å². The number of hydrogen-bond donors (Lipinski definition) is 0. The highest BCUT2D eigenvalue weighted by Crippen LogP contribution is 2.33. The van der Waals surface area contributed by atoms with Gasteiger partial charge in [-0.25, -0.2) is 0 Å². The van der Waals surface area contributed by atoms with E-state index in [1.165, 1.54) is 23.9 Å². The summed E-state index contributed by atoms with van der Waals surface area (Å²) in [5.74, 6) is 0.218. The molecule has 3 nitrogen and oxygen atoms in total. The van der Waals surface area contributed by atoms with Crippen LogP contribution < -0.4 is 4.90 Å². The summed E-state index contributed by atoms with van der Waals surface area (Å²) < 4.78 is 0. The number of carbonyl (C=O) groups excluding carboxylic acids is 2. The molecule has 0 N–H and O–H groups in total. The van der Waals surface area contributed by atoms with Gasteiger partial charge in [0.2, 0.25) is 5.91 Å². The van der Waals surface area contributed by atoms with Crippen LogP contribution >= 0.6 is 11.8 Å². The number of thioether (sulfide) groups is 1. The van der Waals surface area contributed by atoms with Crippen LogP contribution in [0, 0.1) is 0 Å². The molecule has 0 bridgehead atoms. The van der Waals surface area contributed by atoms with Gasteiger partial charge in [-0.1, -0.05) is 66.4 Å². The number of rotatable bonds is 4. The molecule has 1 saturated heterocycles. The van der Waals surface area contributed by atoms with Crippen molar-refractivity contribution in [3.63, 3.8) is 0 Å². The summed E-state index contributed by atoms with van der Waals surface area (Å²) in [5.41, 5.74) is 1.75.